The average molecular weight is 378 g/mol. The predicted octanol–water partition coefficient (Wildman–Crippen LogP) is 3.28. The van der Waals surface area contributed by atoms with Crippen molar-refractivity contribution in [2.45, 2.75) is 6.54 Å². The summed E-state index contributed by atoms with van der Waals surface area (Å²) in [6.45, 7) is 3.95. The zero-order chi connectivity index (χ0) is 17.4. The number of piperazine rings is 1. The number of hydrogen-bond donors (Lipinski definition) is 0. The number of nitrogens with zero attached hydrogens (tertiary/aromatic N) is 5. The number of anilines is 1. The van der Waals surface area contributed by atoms with Gasteiger partial charge in [0.1, 0.15) is 0 Å². The number of thiophene rings is 1. The summed E-state index contributed by atoms with van der Waals surface area (Å²) in [4.78, 5) is 21.2. The maximum Gasteiger partial charge on any atom is 0.372 e. The largest absolute Gasteiger partial charge is 0.372 e. The zero-order valence-electron chi connectivity index (χ0n) is 13.3. The van der Waals surface area contributed by atoms with Crippen molar-refractivity contribution in [3.8, 4) is 0 Å². The molecule has 25 heavy (non-hydrogen) atoms. The van der Waals surface area contributed by atoms with Gasteiger partial charge in [-0.1, -0.05) is 17.7 Å². The molecule has 1 fully saturated rings. The van der Waals surface area contributed by atoms with Crippen molar-refractivity contribution >= 4 is 40.2 Å². The Labute approximate surface area is 153 Å². The SMILES string of the molecule is O=[N+]([O-])c1c(N2CCN(Cc3ccc(Cl)s3)CC2)nc2ccccn12. The molecule has 9 heteroatoms. The van der Waals surface area contributed by atoms with Crippen molar-refractivity contribution in [1.29, 1.82) is 0 Å². The van der Waals surface area contributed by atoms with Gasteiger partial charge in [0.25, 0.3) is 0 Å². The smallest absolute Gasteiger partial charge is 0.358 e. The van der Waals surface area contributed by atoms with Gasteiger partial charge in [-0.25, -0.2) is 0 Å². The van der Waals surface area contributed by atoms with Crippen LogP contribution in [0, 0.1) is 10.1 Å². The Hall–Kier alpha value is -2.16. The highest BCUT2D eigenvalue weighted by Gasteiger charge is 2.29. The lowest BCUT2D eigenvalue weighted by Gasteiger charge is -2.34. The Kier molecular flexibility index (Phi) is 4.32. The van der Waals surface area contributed by atoms with Crippen molar-refractivity contribution in [1.82, 2.24) is 14.3 Å². The Balaban J connectivity index is 1.51. The molecule has 1 aliphatic rings. The molecule has 7 nitrogen and oxygen atoms in total. The number of imidazole rings is 1. The van der Waals surface area contributed by atoms with E-state index in [4.69, 9.17) is 11.6 Å². The van der Waals surface area contributed by atoms with Crippen LogP contribution >= 0.6 is 22.9 Å². The van der Waals surface area contributed by atoms with Crippen LogP contribution in [0.15, 0.2) is 36.5 Å². The zero-order valence-corrected chi connectivity index (χ0v) is 14.9. The van der Waals surface area contributed by atoms with E-state index in [1.807, 2.05) is 23.1 Å². The highest BCUT2D eigenvalue weighted by atomic mass is 35.5. The first-order valence-corrected chi connectivity index (χ1v) is 9.14. The van der Waals surface area contributed by atoms with Crippen molar-refractivity contribution < 1.29 is 4.92 Å². The fourth-order valence-corrected chi connectivity index (χ4v) is 4.26. The second kappa shape index (κ2) is 6.62. The molecular weight excluding hydrogens is 362 g/mol. The average Bonchev–Trinajstić information content (AvgIpc) is 3.19. The molecule has 0 saturated carbocycles. The van der Waals surface area contributed by atoms with Crippen LogP contribution in [0.5, 0.6) is 0 Å². The van der Waals surface area contributed by atoms with Gasteiger partial charge in [0.15, 0.2) is 0 Å². The van der Waals surface area contributed by atoms with Gasteiger partial charge in [-0.15, -0.1) is 11.3 Å². The summed E-state index contributed by atoms with van der Waals surface area (Å²) in [5.74, 6) is 0.490. The first kappa shape index (κ1) is 16.3. The van der Waals surface area contributed by atoms with Crippen molar-refractivity contribution in [3.63, 3.8) is 0 Å². The first-order chi connectivity index (χ1) is 12.1. The van der Waals surface area contributed by atoms with E-state index in [9.17, 15) is 10.1 Å². The number of halogens is 1. The van der Waals surface area contributed by atoms with E-state index < -0.39 is 0 Å². The summed E-state index contributed by atoms with van der Waals surface area (Å²) in [6, 6.07) is 9.35. The molecule has 3 aromatic heterocycles. The van der Waals surface area contributed by atoms with E-state index >= 15 is 0 Å². The maximum absolute atomic E-state index is 11.5. The van der Waals surface area contributed by atoms with Crippen LogP contribution in [0.4, 0.5) is 11.6 Å². The number of aromatic nitrogens is 2. The fourth-order valence-electron chi connectivity index (χ4n) is 3.13. The lowest BCUT2D eigenvalue weighted by molar-refractivity contribution is -0.389. The molecule has 4 heterocycles. The van der Waals surface area contributed by atoms with E-state index in [0.29, 0.717) is 24.6 Å². The van der Waals surface area contributed by atoms with Gasteiger partial charge < -0.3 is 15.0 Å². The molecule has 0 unspecified atom stereocenters. The molecule has 0 bridgehead atoms. The molecule has 0 amide bonds. The highest BCUT2D eigenvalue weighted by molar-refractivity contribution is 7.16. The number of hydrogen-bond acceptors (Lipinski definition) is 6. The molecule has 0 aromatic carbocycles. The summed E-state index contributed by atoms with van der Waals surface area (Å²) in [5, 5.41) is 11.5. The Morgan fingerprint density at radius 3 is 2.68 bits per heavy atom. The molecular formula is C16H16ClN5O2S. The molecule has 1 saturated heterocycles. The van der Waals surface area contributed by atoms with E-state index in [0.717, 1.165) is 24.0 Å². The minimum Gasteiger partial charge on any atom is -0.358 e. The number of fused-ring (bicyclic) bond motifs is 1. The van der Waals surface area contributed by atoms with Crippen LogP contribution in [-0.2, 0) is 6.54 Å². The normalized spacial score (nSPS) is 15.8. The second-order valence-corrected chi connectivity index (χ2v) is 7.71. The number of pyridine rings is 1. The van der Waals surface area contributed by atoms with E-state index in [1.54, 1.807) is 29.7 Å². The van der Waals surface area contributed by atoms with E-state index in [2.05, 4.69) is 9.88 Å². The second-order valence-electron chi connectivity index (χ2n) is 5.91. The molecule has 0 spiro atoms. The Bertz CT molecular complexity index is 916. The first-order valence-electron chi connectivity index (χ1n) is 7.95. The van der Waals surface area contributed by atoms with Gasteiger partial charge in [0, 0.05) is 43.7 Å². The molecule has 3 aromatic rings. The van der Waals surface area contributed by atoms with Gasteiger partial charge in [0.05, 0.1) is 10.5 Å². The lowest BCUT2D eigenvalue weighted by Crippen LogP contribution is -2.46. The number of nitro groups is 1. The molecule has 0 N–H and O–H groups in total. The van der Waals surface area contributed by atoms with Crippen molar-refractivity contribution in [2.24, 2.45) is 0 Å². The minimum absolute atomic E-state index is 0.0362. The molecule has 0 radical (unpaired) electrons. The summed E-state index contributed by atoms with van der Waals surface area (Å²) in [6.07, 6.45) is 1.68. The highest BCUT2D eigenvalue weighted by Crippen LogP contribution is 2.30. The maximum atomic E-state index is 11.5. The molecule has 1 aliphatic heterocycles. The molecule has 0 atom stereocenters. The van der Waals surface area contributed by atoms with Crippen molar-refractivity contribution in [2.75, 3.05) is 31.1 Å². The third kappa shape index (κ3) is 3.20. The topological polar surface area (TPSA) is 66.9 Å². The predicted molar refractivity (Wildman–Crippen MR) is 98.7 cm³/mol. The van der Waals surface area contributed by atoms with E-state index in [-0.39, 0.29) is 10.7 Å². The third-order valence-corrected chi connectivity index (χ3v) is 5.56. The van der Waals surface area contributed by atoms with Gasteiger partial charge in [-0.05, 0) is 23.1 Å². The quantitative estimate of drug-likeness (QED) is 0.515. The van der Waals surface area contributed by atoms with Crippen LogP contribution in [0.1, 0.15) is 4.88 Å². The summed E-state index contributed by atoms with van der Waals surface area (Å²) in [5.41, 5.74) is 0.597. The van der Waals surface area contributed by atoms with Crippen LogP contribution in [0.2, 0.25) is 4.34 Å². The Morgan fingerprint density at radius 1 is 1.20 bits per heavy atom. The van der Waals surface area contributed by atoms with E-state index in [1.165, 1.54) is 9.28 Å². The third-order valence-electron chi connectivity index (χ3n) is 4.34. The van der Waals surface area contributed by atoms with Gasteiger partial charge in [-0.3, -0.25) is 4.90 Å². The summed E-state index contributed by atoms with van der Waals surface area (Å²) in [7, 11) is 0. The van der Waals surface area contributed by atoms with Crippen molar-refractivity contribution in [3.05, 3.63) is 55.9 Å². The summed E-state index contributed by atoms with van der Waals surface area (Å²) < 4.78 is 2.34. The van der Waals surface area contributed by atoms with Crippen LogP contribution in [0.25, 0.3) is 5.65 Å². The van der Waals surface area contributed by atoms with Gasteiger partial charge in [0.2, 0.25) is 11.5 Å². The monoisotopic (exact) mass is 377 g/mol. The van der Waals surface area contributed by atoms with Crippen LogP contribution in [-0.4, -0.2) is 45.4 Å². The molecule has 130 valence electrons. The summed E-state index contributed by atoms with van der Waals surface area (Å²) >= 11 is 7.58. The minimum atomic E-state index is -0.352. The van der Waals surface area contributed by atoms with Crippen LogP contribution < -0.4 is 4.90 Å². The molecule has 0 aliphatic carbocycles. The van der Waals surface area contributed by atoms with Gasteiger partial charge >= 0.3 is 5.82 Å². The Morgan fingerprint density at radius 2 is 2.00 bits per heavy atom. The van der Waals surface area contributed by atoms with Crippen LogP contribution in [0.3, 0.4) is 0 Å². The standard InChI is InChI=1S/C16H16ClN5O2S/c17-13-5-4-12(25-13)11-19-7-9-20(10-8-19)15-16(22(23)24)21-6-2-1-3-14(21)18-15/h1-6H,7-11H2. The lowest BCUT2D eigenvalue weighted by atomic mass is 10.3. The van der Waals surface area contributed by atoms with Gasteiger partial charge in [-0.2, -0.15) is 9.38 Å². The molecule has 4 rings (SSSR count). The fraction of sp³-hybridized carbons (Fsp3) is 0.312. The number of rotatable bonds is 4.